The number of sulfonamides is 1. The van der Waals surface area contributed by atoms with Gasteiger partial charge in [-0.05, 0) is 48.9 Å². The molecule has 3 atom stereocenters. The predicted molar refractivity (Wildman–Crippen MR) is 182 cm³/mol. The number of urea groups is 1. The van der Waals surface area contributed by atoms with E-state index in [1.165, 1.54) is 28.4 Å². The summed E-state index contributed by atoms with van der Waals surface area (Å²) in [6.45, 7) is 8.41. The number of phenolic OH excluding ortho intramolecular Hbond substituents is 1. The molecule has 5 N–H and O–H groups in total. The van der Waals surface area contributed by atoms with Gasteiger partial charge in [0, 0.05) is 18.5 Å². The Balaban J connectivity index is 1.60. The maximum atomic E-state index is 14.0. The van der Waals surface area contributed by atoms with Crippen LogP contribution in [0.4, 0.5) is 10.5 Å². The number of aromatic hydroxyl groups is 1. The number of imide groups is 1. The smallest absolute Gasteiger partial charge is 0.328 e. The van der Waals surface area contributed by atoms with Crippen molar-refractivity contribution < 1.29 is 33.0 Å². The Bertz CT molecular complexity index is 1710. The van der Waals surface area contributed by atoms with Crippen molar-refractivity contribution in [2.45, 2.75) is 70.7 Å². The number of carbonyl (C=O) groups is 3. The Kier molecular flexibility index (Phi) is 11.8. The summed E-state index contributed by atoms with van der Waals surface area (Å²) in [7, 11) is -4.18. The van der Waals surface area contributed by atoms with Crippen molar-refractivity contribution in [1.82, 2.24) is 24.4 Å². The van der Waals surface area contributed by atoms with E-state index in [4.69, 9.17) is 5.73 Å². The SMILES string of the molecule is Cc1nc(CN2C(=O)CN(C(C(=O)N[C@@H](Cc3ccccc3)[C@H](O)CN(CC(C)C)S(=O)(=O)c3ccc(O)c(N)c3)C(C)C)C2=O)cs1. The van der Waals surface area contributed by atoms with Gasteiger partial charge in [-0.3, -0.25) is 14.5 Å². The number of hydrogen-bond acceptors (Lipinski definition) is 10. The topological polar surface area (TPSA) is 186 Å². The van der Waals surface area contributed by atoms with E-state index < -0.39 is 52.0 Å². The standard InChI is InChI=1S/C33H44N6O7S2/c1-20(2)15-37(48(45,46)25-11-12-28(40)26(34)14-25)17-29(41)27(13-23-9-7-6-8-10-23)36-32(43)31(21(3)4)39-18-30(42)38(33(39)44)16-24-19-47-22(5)35-24/h6-12,14,19-21,27,29,31,40-41H,13,15-18,34H2,1-5H3,(H,36,43)/t27-,29+,31?/m0/s1. The van der Waals surface area contributed by atoms with Crippen LogP contribution in [0.25, 0.3) is 0 Å². The van der Waals surface area contributed by atoms with Crippen LogP contribution in [0.3, 0.4) is 0 Å². The summed E-state index contributed by atoms with van der Waals surface area (Å²) >= 11 is 1.41. The number of nitrogens with zero attached hydrogens (tertiary/aromatic N) is 4. The fourth-order valence-electron chi connectivity index (χ4n) is 5.66. The quantitative estimate of drug-likeness (QED) is 0.105. The highest BCUT2D eigenvalue weighted by Crippen LogP contribution is 2.27. The van der Waals surface area contributed by atoms with Crippen LogP contribution in [-0.2, 0) is 32.6 Å². The van der Waals surface area contributed by atoms with Gasteiger partial charge in [0.2, 0.25) is 15.9 Å². The molecule has 1 saturated heterocycles. The molecular formula is C33H44N6O7S2. The molecule has 0 saturated carbocycles. The van der Waals surface area contributed by atoms with Gasteiger partial charge in [-0.2, -0.15) is 4.31 Å². The second-order valence-corrected chi connectivity index (χ2v) is 15.7. The summed E-state index contributed by atoms with van der Waals surface area (Å²) in [5.74, 6) is -1.81. The van der Waals surface area contributed by atoms with E-state index >= 15 is 0 Å². The zero-order chi connectivity index (χ0) is 35.3. The van der Waals surface area contributed by atoms with Crippen LogP contribution in [0.15, 0.2) is 58.8 Å². The van der Waals surface area contributed by atoms with Crippen molar-refractivity contribution >= 4 is 44.9 Å². The lowest BCUT2D eigenvalue weighted by molar-refractivity contribution is -0.129. The molecule has 1 aliphatic rings. The molecule has 0 aliphatic carbocycles. The van der Waals surface area contributed by atoms with E-state index in [1.54, 1.807) is 19.2 Å². The molecule has 1 fully saturated rings. The first-order chi connectivity index (χ1) is 22.6. The maximum Gasteiger partial charge on any atom is 0.328 e. The number of phenols is 1. The number of aliphatic hydroxyl groups excluding tert-OH is 1. The number of benzene rings is 2. The average Bonchev–Trinajstić information content (AvgIpc) is 3.55. The van der Waals surface area contributed by atoms with Crippen LogP contribution < -0.4 is 11.1 Å². The van der Waals surface area contributed by atoms with Crippen LogP contribution in [0.5, 0.6) is 5.75 Å². The monoisotopic (exact) mass is 700 g/mol. The molecule has 1 aromatic heterocycles. The van der Waals surface area contributed by atoms with Crippen LogP contribution >= 0.6 is 11.3 Å². The van der Waals surface area contributed by atoms with Gasteiger partial charge in [-0.1, -0.05) is 58.0 Å². The molecule has 1 unspecified atom stereocenters. The molecule has 13 nitrogen and oxygen atoms in total. The maximum absolute atomic E-state index is 14.0. The molecule has 0 spiro atoms. The van der Waals surface area contributed by atoms with E-state index in [-0.39, 0.29) is 54.9 Å². The van der Waals surface area contributed by atoms with Gasteiger partial charge < -0.3 is 26.2 Å². The predicted octanol–water partition coefficient (Wildman–Crippen LogP) is 2.96. The van der Waals surface area contributed by atoms with Crippen molar-refractivity contribution in [3.05, 3.63) is 70.2 Å². The van der Waals surface area contributed by atoms with Gasteiger partial charge in [-0.15, -0.1) is 11.3 Å². The van der Waals surface area contributed by atoms with Gasteiger partial charge in [0.05, 0.1) is 40.0 Å². The first-order valence-electron chi connectivity index (χ1n) is 15.7. The third-order valence-corrected chi connectivity index (χ3v) is 10.6. The van der Waals surface area contributed by atoms with Crippen molar-refractivity contribution in [2.75, 3.05) is 25.4 Å². The van der Waals surface area contributed by atoms with Crippen LogP contribution in [0, 0.1) is 18.8 Å². The Hall–Kier alpha value is -4.05. The van der Waals surface area contributed by atoms with Crippen molar-refractivity contribution in [1.29, 1.82) is 0 Å². The fourth-order valence-corrected chi connectivity index (χ4v) is 7.92. The summed E-state index contributed by atoms with van der Waals surface area (Å²) in [5.41, 5.74) is 7.05. The van der Waals surface area contributed by atoms with Crippen LogP contribution in [-0.4, -0.2) is 93.4 Å². The van der Waals surface area contributed by atoms with Gasteiger partial charge in [-0.25, -0.2) is 18.2 Å². The van der Waals surface area contributed by atoms with Gasteiger partial charge in [0.25, 0.3) is 5.91 Å². The minimum atomic E-state index is -4.18. The number of aromatic nitrogens is 1. The minimum absolute atomic E-state index is 0.00682. The molecule has 2 aromatic carbocycles. The zero-order valence-electron chi connectivity index (χ0n) is 27.7. The van der Waals surface area contributed by atoms with Crippen molar-refractivity contribution in [2.24, 2.45) is 11.8 Å². The summed E-state index contributed by atoms with van der Waals surface area (Å²) in [4.78, 5) is 47.0. The number of hydrogen-bond donors (Lipinski definition) is 4. The van der Waals surface area contributed by atoms with Crippen molar-refractivity contribution in [3.63, 3.8) is 0 Å². The van der Waals surface area contributed by atoms with E-state index in [2.05, 4.69) is 10.3 Å². The minimum Gasteiger partial charge on any atom is -0.506 e. The molecular weight excluding hydrogens is 657 g/mol. The van der Waals surface area contributed by atoms with E-state index in [0.29, 0.717) is 5.69 Å². The number of rotatable bonds is 15. The number of amides is 4. The number of nitrogens with one attached hydrogen (secondary N) is 1. The third-order valence-electron chi connectivity index (χ3n) is 7.99. The lowest BCUT2D eigenvalue weighted by atomic mass is 9.97. The number of carbonyl (C=O) groups excluding carboxylic acids is 3. The van der Waals surface area contributed by atoms with Gasteiger partial charge >= 0.3 is 6.03 Å². The molecule has 15 heteroatoms. The number of aliphatic hydroxyl groups is 1. The summed E-state index contributed by atoms with van der Waals surface area (Å²) < 4.78 is 28.7. The lowest BCUT2D eigenvalue weighted by Crippen LogP contribution is -2.57. The Morgan fingerprint density at radius 3 is 2.38 bits per heavy atom. The Morgan fingerprint density at radius 2 is 1.79 bits per heavy atom. The van der Waals surface area contributed by atoms with E-state index in [9.17, 15) is 33.0 Å². The molecule has 260 valence electrons. The van der Waals surface area contributed by atoms with Gasteiger partial charge in [0.15, 0.2) is 0 Å². The normalized spacial score (nSPS) is 15.9. The molecule has 2 heterocycles. The van der Waals surface area contributed by atoms with Gasteiger partial charge in [0.1, 0.15) is 18.3 Å². The molecule has 4 amide bonds. The highest BCUT2D eigenvalue weighted by molar-refractivity contribution is 7.89. The number of aryl methyl sites for hydroxylation is 1. The van der Waals surface area contributed by atoms with Crippen LogP contribution in [0.1, 0.15) is 44.0 Å². The Morgan fingerprint density at radius 1 is 1.10 bits per heavy atom. The molecule has 0 bridgehead atoms. The molecule has 0 radical (unpaired) electrons. The second-order valence-electron chi connectivity index (χ2n) is 12.7. The zero-order valence-corrected chi connectivity index (χ0v) is 29.4. The molecule has 1 aliphatic heterocycles. The first-order valence-corrected chi connectivity index (χ1v) is 18.0. The summed E-state index contributed by atoms with van der Waals surface area (Å²) in [6.07, 6.45) is -1.23. The lowest BCUT2D eigenvalue weighted by Gasteiger charge is -2.34. The number of nitrogen functional groups attached to an aromatic ring is 1. The molecule has 4 rings (SSSR count). The summed E-state index contributed by atoms with van der Waals surface area (Å²) in [6, 6.07) is 10.1. The number of nitrogens with two attached hydrogens (primary N) is 1. The second kappa shape index (κ2) is 15.4. The molecule has 48 heavy (non-hydrogen) atoms. The first kappa shape index (κ1) is 36.8. The largest absolute Gasteiger partial charge is 0.506 e. The van der Waals surface area contributed by atoms with Crippen molar-refractivity contribution in [3.8, 4) is 5.75 Å². The van der Waals surface area contributed by atoms with Crippen LogP contribution in [0.2, 0.25) is 0 Å². The van der Waals surface area contributed by atoms with E-state index in [1.807, 2.05) is 51.1 Å². The third kappa shape index (κ3) is 8.69. The highest BCUT2D eigenvalue weighted by atomic mass is 32.2. The van der Waals surface area contributed by atoms with E-state index in [0.717, 1.165) is 25.8 Å². The number of anilines is 1. The highest BCUT2D eigenvalue weighted by Gasteiger charge is 2.44. The summed E-state index contributed by atoms with van der Waals surface area (Å²) in [5, 5.41) is 27.0. The molecule has 3 aromatic rings. The fraction of sp³-hybridized carbons (Fsp3) is 0.455. The Labute approximate surface area is 285 Å². The average molecular weight is 701 g/mol. The number of thiazole rings is 1.